The van der Waals surface area contributed by atoms with Gasteiger partial charge in [-0.1, -0.05) is 17.0 Å². The molecule has 0 unspecified atom stereocenters. The Balaban J connectivity index is 2.45. The van der Waals surface area contributed by atoms with Crippen molar-refractivity contribution in [3.63, 3.8) is 0 Å². The summed E-state index contributed by atoms with van der Waals surface area (Å²) in [5, 5.41) is 0. The highest BCUT2D eigenvalue weighted by Crippen LogP contribution is 2.11. The Morgan fingerprint density at radius 3 is 2.33 bits per heavy atom. The molecule has 0 aliphatic heterocycles. The molecule has 0 aliphatic carbocycles. The molecule has 0 atom stereocenters. The van der Waals surface area contributed by atoms with Gasteiger partial charge in [-0.05, 0) is 17.7 Å². The number of rotatable bonds is 5. The second-order valence-electron chi connectivity index (χ2n) is 2.99. The molecule has 84 valence electrons. The predicted octanol–water partition coefficient (Wildman–Crippen LogP) is 0.676. The second-order valence-corrected chi connectivity index (χ2v) is 4.70. The largest absolute Gasteiger partial charge is 0.497 e. The topological polar surface area (TPSA) is 64.6 Å². The standard InChI is InChI=1S/C9H13NO4S/c1-13-9-5-3-8(4-6-9)7-14-10-15(2,11)12/h3-6,10H,7H2,1-2H3. The van der Waals surface area contributed by atoms with Crippen LogP contribution in [0.4, 0.5) is 0 Å². The fourth-order valence-corrected chi connectivity index (χ4v) is 1.21. The molecule has 0 heterocycles. The minimum absolute atomic E-state index is 0.178. The van der Waals surface area contributed by atoms with E-state index in [1.54, 1.807) is 31.4 Å². The van der Waals surface area contributed by atoms with Crippen molar-refractivity contribution in [1.29, 1.82) is 0 Å². The van der Waals surface area contributed by atoms with Crippen molar-refractivity contribution in [2.24, 2.45) is 0 Å². The van der Waals surface area contributed by atoms with Crippen molar-refractivity contribution in [3.05, 3.63) is 29.8 Å². The SMILES string of the molecule is COc1ccc(CONS(C)(=O)=O)cc1. The molecule has 0 saturated carbocycles. The molecular weight excluding hydrogens is 218 g/mol. The van der Waals surface area contributed by atoms with E-state index in [0.717, 1.165) is 17.6 Å². The van der Waals surface area contributed by atoms with Crippen LogP contribution >= 0.6 is 0 Å². The van der Waals surface area contributed by atoms with Gasteiger partial charge in [0.2, 0.25) is 10.0 Å². The Morgan fingerprint density at radius 1 is 1.27 bits per heavy atom. The van der Waals surface area contributed by atoms with E-state index in [-0.39, 0.29) is 6.61 Å². The van der Waals surface area contributed by atoms with Crippen molar-refractivity contribution < 1.29 is 18.0 Å². The van der Waals surface area contributed by atoms with Gasteiger partial charge in [-0.25, -0.2) is 8.42 Å². The molecule has 0 radical (unpaired) electrons. The van der Waals surface area contributed by atoms with Gasteiger partial charge >= 0.3 is 0 Å². The minimum Gasteiger partial charge on any atom is -0.497 e. The van der Waals surface area contributed by atoms with Gasteiger partial charge in [0.25, 0.3) is 0 Å². The first-order chi connectivity index (χ1) is 7.01. The maximum atomic E-state index is 10.7. The molecule has 1 aromatic carbocycles. The monoisotopic (exact) mass is 231 g/mol. The fraction of sp³-hybridized carbons (Fsp3) is 0.333. The van der Waals surface area contributed by atoms with Gasteiger partial charge in [-0.3, -0.25) is 4.84 Å². The van der Waals surface area contributed by atoms with Crippen molar-refractivity contribution in [2.45, 2.75) is 6.61 Å². The fourth-order valence-electron chi connectivity index (χ4n) is 0.942. The molecule has 0 aliphatic rings. The molecule has 15 heavy (non-hydrogen) atoms. The summed E-state index contributed by atoms with van der Waals surface area (Å²) in [6.45, 7) is 0.178. The quantitative estimate of drug-likeness (QED) is 0.757. The maximum absolute atomic E-state index is 10.7. The van der Waals surface area contributed by atoms with Crippen molar-refractivity contribution in [1.82, 2.24) is 4.89 Å². The van der Waals surface area contributed by atoms with Crippen LogP contribution in [0, 0.1) is 0 Å². The van der Waals surface area contributed by atoms with Crippen LogP contribution in [0.25, 0.3) is 0 Å². The molecule has 0 spiro atoms. The lowest BCUT2D eigenvalue weighted by Crippen LogP contribution is -2.21. The van der Waals surface area contributed by atoms with Crippen LogP contribution in [0.1, 0.15) is 5.56 Å². The Hall–Kier alpha value is -1.11. The summed E-state index contributed by atoms with van der Waals surface area (Å²) in [6.07, 6.45) is 1.03. The van der Waals surface area contributed by atoms with Gasteiger partial charge in [0, 0.05) is 0 Å². The van der Waals surface area contributed by atoms with E-state index in [4.69, 9.17) is 9.57 Å². The zero-order valence-corrected chi connectivity index (χ0v) is 9.37. The third-order valence-electron chi connectivity index (χ3n) is 1.61. The molecule has 0 amide bonds. The van der Waals surface area contributed by atoms with E-state index in [9.17, 15) is 8.42 Å². The maximum Gasteiger partial charge on any atom is 0.230 e. The normalized spacial score (nSPS) is 11.3. The average molecular weight is 231 g/mol. The van der Waals surface area contributed by atoms with Crippen LogP contribution < -0.4 is 9.62 Å². The lowest BCUT2D eigenvalue weighted by Gasteiger charge is -2.04. The first kappa shape index (κ1) is 12.0. The first-order valence-corrected chi connectivity index (χ1v) is 6.12. The summed E-state index contributed by atoms with van der Waals surface area (Å²) in [5.41, 5.74) is 0.854. The molecule has 1 rings (SSSR count). The van der Waals surface area contributed by atoms with E-state index in [2.05, 4.69) is 0 Å². The molecule has 0 saturated heterocycles. The zero-order valence-electron chi connectivity index (χ0n) is 8.56. The summed E-state index contributed by atoms with van der Waals surface area (Å²) in [6, 6.07) is 7.14. The molecule has 0 bridgehead atoms. The van der Waals surface area contributed by atoms with Gasteiger partial charge < -0.3 is 4.74 Å². The van der Waals surface area contributed by atoms with Crippen molar-refractivity contribution in [2.75, 3.05) is 13.4 Å². The van der Waals surface area contributed by atoms with Crippen LogP contribution in [0.3, 0.4) is 0 Å². The number of hydrogen-bond acceptors (Lipinski definition) is 4. The second kappa shape index (κ2) is 5.11. The van der Waals surface area contributed by atoms with Crippen LogP contribution in [-0.2, 0) is 21.5 Å². The summed E-state index contributed by atoms with van der Waals surface area (Å²) < 4.78 is 26.3. The van der Waals surface area contributed by atoms with Crippen LogP contribution in [-0.4, -0.2) is 21.8 Å². The van der Waals surface area contributed by atoms with E-state index in [1.165, 1.54) is 0 Å². The lowest BCUT2D eigenvalue weighted by molar-refractivity contribution is 0.0800. The number of benzene rings is 1. The summed E-state index contributed by atoms with van der Waals surface area (Å²) in [4.78, 5) is 6.72. The van der Waals surface area contributed by atoms with Gasteiger partial charge in [-0.2, -0.15) is 0 Å². The zero-order chi connectivity index (χ0) is 11.3. The van der Waals surface area contributed by atoms with Gasteiger partial charge in [-0.15, -0.1) is 0 Å². The van der Waals surface area contributed by atoms with Crippen molar-refractivity contribution >= 4 is 10.0 Å². The number of nitrogens with one attached hydrogen (secondary N) is 1. The van der Waals surface area contributed by atoms with E-state index in [0.29, 0.717) is 0 Å². The van der Waals surface area contributed by atoms with Crippen LogP contribution in [0.5, 0.6) is 5.75 Å². The molecule has 0 fully saturated rings. The number of hydrogen-bond donors (Lipinski definition) is 1. The molecule has 1 aromatic rings. The highest BCUT2D eigenvalue weighted by atomic mass is 32.2. The summed E-state index contributed by atoms with van der Waals surface area (Å²) in [5.74, 6) is 0.745. The Morgan fingerprint density at radius 2 is 1.87 bits per heavy atom. The minimum atomic E-state index is -3.30. The summed E-state index contributed by atoms with van der Waals surface area (Å²) >= 11 is 0. The number of methoxy groups -OCH3 is 1. The first-order valence-electron chi connectivity index (χ1n) is 4.23. The molecule has 5 nitrogen and oxygen atoms in total. The Labute approximate surface area is 89.0 Å². The van der Waals surface area contributed by atoms with Crippen LogP contribution in [0.2, 0.25) is 0 Å². The van der Waals surface area contributed by atoms with E-state index >= 15 is 0 Å². The molecule has 6 heteroatoms. The smallest absolute Gasteiger partial charge is 0.230 e. The predicted molar refractivity (Wildman–Crippen MR) is 55.8 cm³/mol. The molecule has 1 N–H and O–H groups in total. The third-order valence-corrected chi connectivity index (χ3v) is 2.03. The van der Waals surface area contributed by atoms with E-state index in [1.807, 2.05) is 4.89 Å². The van der Waals surface area contributed by atoms with Gasteiger partial charge in [0.1, 0.15) is 5.75 Å². The number of ether oxygens (including phenoxy) is 1. The number of sulfonamides is 1. The third kappa shape index (κ3) is 4.78. The Bertz CT molecular complexity index is 399. The van der Waals surface area contributed by atoms with E-state index < -0.39 is 10.0 Å². The lowest BCUT2D eigenvalue weighted by atomic mass is 10.2. The van der Waals surface area contributed by atoms with Gasteiger partial charge in [0.05, 0.1) is 20.0 Å². The Kier molecular flexibility index (Phi) is 4.07. The van der Waals surface area contributed by atoms with Crippen molar-refractivity contribution in [3.8, 4) is 5.75 Å². The molecule has 0 aromatic heterocycles. The average Bonchev–Trinajstić information content (AvgIpc) is 2.17. The summed E-state index contributed by atoms with van der Waals surface area (Å²) in [7, 11) is -1.72. The highest BCUT2D eigenvalue weighted by Gasteiger charge is 2.00. The van der Waals surface area contributed by atoms with Crippen LogP contribution in [0.15, 0.2) is 24.3 Å². The molecular formula is C9H13NO4S. The van der Waals surface area contributed by atoms with Gasteiger partial charge in [0.15, 0.2) is 0 Å². The highest BCUT2D eigenvalue weighted by molar-refractivity contribution is 7.88.